The van der Waals surface area contributed by atoms with Crippen LogP contribution in [-0.2, 0) is 0 Å². The van der Waals surface area contributed by atoms with Gasteiger partial charge in [0.25, 0.3) is 0 Å². The van der Waals surface area contributed by atoms with Crippen LogP contribution >= 0.6 is 15.9 Å². The maximum absolute atomic E-state index is 12.9. The van der Waals surface area contributed by atoms with Gasteiger partial charge in [-0.3, -0.25) is 0 Å². The van der Waals surface area contributed by atoms with E-state index in [1.54, 1.807) is 12.3 Å². The van der Waals surface area contributed by atoms with Crippen LogP contribution in [0, 0.1) is 17.1 Å². The first-order valence-electron chi connectivity index (χ1n) is 3.86. The molecule has 0 aliphatic heterocycles. The SMILES string of the molecule is N#Cc1ncc(Br)c2ccc(F)cc12. The Labute approximate surface area is 88.1 Å². The Hall–Kier alpha value is -1.47. The minimum atomic E-state index is -0.367. The first-order chi connectivity index (χ1) is 6.72. The summed E-state index contributed by atoms with van der Waals surface area (Å²) in [7, 11) is 0. The summed E-state index contributed by atoms with van der Waals surface area (Å²) in [6, 6.07) is 6.21. The number of hydrogen-bond acceptors (Lipinski definition) is 2. The lowest BCUT2D eigenvalue weighted by Crippen LogP contribution is -1.87. The molecule has 0 spiro atoms. The molecule has 2 aromatic rings. The van der Waals surface area contributed by atoms with Crippen LogP contribution in [0.4, 0.5) is 4.39 Å². The number of benzene rings is 1. The van der Waals surface area contributed by atoms with Gasteiger partial charge in [-0.1, -0.05) is 6.07 Å². The maximum Gasteiger partial charge on any atom is 0.148 e. The number of nitriles is 1. The number of rotatable bonds is 0. The van der Waals surface area contributed by atoms with Crippen molar-refractivity contribution < 1.29 is 4.39 Å². The number of fused-ring (bicyclic) bond motifs is 1. The monoisotopic (exact) mass is 250 g/mol. The Morgan fingerprint density at radius 2 is 2.14 bits per heavy atom. The van der Waals surface area contributed by atoms with Gasteiger partial charge in [-0.25, -0.2) is 9.37 Å². The van der Waals surface area contributed by atoms with Crippen molar-refractivity contribution in [3.05, 3.63) is 40.4 Å². The van der Waals surface area contributed by atoms with Gasteiger partial charge in [0, 0.05) is 21.4 Å². The molecule has 0 aliphatic carbocycles. The predicted molar refractivity (Wildman–Crippen MR) is 54.1 cm³/mol. The average molecular weight is 251 g/mol. The van der Waals surface area contributed by atoms with E-state index in [1.807, 2.05) is 6.07 Å². The summed E-state index contributed by atoms with van der Waals surface area (Å²) < 4.78 is 13.7. The Morgan fingerprint density at radius 1 is 1.36 bits per heavy atom. The Kier molecular flexibility index (Phi) is 2.18. The van der Waals surface area contributed by atoms with Crippen molar-refractivity contribution >= 4 is 26.7 Å². The number of pyridine rings is 1. The van der Waals surface area contributed by atoms with Gasteiger partial charge in [-0.15, -0.1) is 0 Å². The number of aromatic nitrogens is 1. The van der Waals surface area contributed by atoms with Gasteiger partial charge >= 0.3 is 0 Å². The first kappa shape index (κ1) is 9.10. The molecule has 0 amide bonds. The van der Waals surface area contributed by atoms with E-state index in [-0.39, 0.29) is 11.5 Å². The second-order valence-electron chi connectivity index (χ2n) is 2.76. The van der Waals surface area contributed by atoms with Crippen LogP contribution in [-0.4, -0.2) is 4.98 Å². The maximum atomic E-state index is 12.9. The van der Waals surface area contributed by atoms with Gasteiger partial charge < -0.3 is 0 Å². The highest BCUT2D eigenvalue weighted by atomic mass is 79.9. The van der Waals surface area contributed by atoms with Gasteiger partial charge in [0.2, 0.25) is 0 Å². The molecule has 68 valence electrons. The van der Waals surface area contributed by atoms with Crippen LogP contribution in [0.3, 0.4) is 0 Å². The lowest BCUT2D eigenvalue weighted by molar-refractivity contribution is 0.629. The molecule has 14 heavy (non-hydrogen) atoms. The van der Waals surface area contributed by atoms with Crippen LogP contribution in [0.2, 0.25) is 0 Å². The van der Waals surface area contributed by atoms with E-state index in [9.17, 15) is 4.39 Å². The molecule has 0 N–H and O–H groups in total. The smallest absolute Gasteiger partial charge is 0.148 e. The van der Waals surface area contributed by atoms with Crippen LogP contribution in [0.25, 0.3) is 10.8 Å². The lowest BCUT2D eigenvalue weighted by Gasteiger charge is -2.01. The van der Waals surface area contributed by atoms with Crippen molar-refractivity contribution in [2.75, 3.05) is 0 Å². The quantitative estimate of drug-likeness (QED) is 0.721. The zero-order valence-corrected chi connectivity index (χ0v) is 8.55. The van der Waals surface area contributed by atoms with Crippen molar-refractivity contribution in [2.24, 2.45) is 0 Å². The fraction of sp³-hybridized carbons (Fsp3) is 0. The van der Waals surface area contributed by atoms with Crippen LogP contribution in [0.1, 0.15) is 5.69 Å². The molecule has 1 aromatic carbocycles. The highest BCUT2D eigenvalue weighted by Gasteiger charge is 2.05. The summed E-state index contributed by atoms with van der Waals surface area (Å²) in [5.74, 6) is -0.367. The molecule has 1 heterocycles. The van der Waals surface area contributed by atoms with Crippen LogP contribution in [0.5, 0.6) is 0 Å². The van der Waals surface area contributed by atoms with E-state index in [4.69, 9.17) is 5.26 Å². The number of halogens is 2. The first-order valence-corrected chi connectivity index (χ1v) is 4.65. The molecular formula is C10H4BrFN2. The molecule has 0 aliphatic rings. The van der Waals surface area contributed by atoms with Gasteiger partial charge in [-0.2, -0.15) is 5.26 Å². The van der Waals surface area contributed by atoms with E-state index < -0.39 is 0 Å². The molecular weight excluding hydrogens is 247 g/mol. The second-order valence-corrected chi connectivity index (χ2v) is 3.61. The fourth-order valence-electron chi connectivity index (χ4n) is 1.27. The zero-order valence-electron chi connectivity index (χ0n) is 6.96. The topological polar surface area (TPSA) is 36.7 Å². The van der Waals surface area contributed by atoms with E-state index in [1.165, 1.54) is 12.1 Å². The van der Waals surface area contributed by atoms with Crippen molar-refractivity contribution in [3.63, 3.8) is 0 Å². The molecule has 4 heteroatoms. The lowest BCUT2D eigenvalue weighted by atomic mass is 10.1. The molecule has 2 nitrogen and oxygen atoms in total. The number of hydrogen-bond donors (Lipinski definition) is 0. The molecule has 0 saturated heterocycles. The highest BCUT2D eigenvalue weighted by Crippen LogP contribution is 2.25. The molecule has 0 fully saturated rings. The van der Waals surface area contributed by atoms with Crippen molar-refractivity contribution in [2.45, 2.75) is 0 Å². The minimum Gasteiger partial charge on any atom is -0.244 e. The summed E-state index contributed by atoms with van der Waals surface area (Å²) in [6.07, 6.45) is 1.54. The van der Waals surface area contributed by atoms with Gasteiger partial charge in [0.05, 0.1) is 0 Å². The van der Waals surface area contributed by atoms with E-state index in [0.717, 1.165) is 9.86 Å². The average Bonchev–Trinajstić information content (AvgIpc) is 2.18. The Bertz CT molecular complexity index is 546. The molecule has 1 aromatic heterocycles. The summed E-state index contributed by atoms with van der Waals surface area (Å²) in [4.78, 5) is 3.89. The third-order valence-electron chi connectivity index (χ3n) is 1.91. The standard InChI is InChI=1S/C10H4BrFN2/c11-9-5-14-10(4-13)8-3-6(12)1-2-7(8)9/h1-3,5H. The third kappa shape index (κ3) is 1.36. The van der Waals surface area contributed by atoms with Crippen LogP contribution < -0.4 is 0 Å². The molecule has 2 rings (SSSR count). The third-order valence-corrected chi connectivity index (χ3v) is 2.54. The molecule has 0 bridgehead atoms. The Morgan fingerprint density at radius 3 is 2.86 bits per heavy atom. The highest BCUT2D eigenvalue weighted by molar-refractivity contribution is 9.10. The van der Waals surface area contributed by atoms with E-state index in [0.29, 0.717) is 5.39 Å². The largest absolute Gasteiger partial charge is 0.244 e. The zero-order chi connectivity index (χ0) is 10.1. The van der Waals surface area contributed by atoms with Crippen LogP contribution in [0.15, 0.2) is 28.9 Å². The predicted octanol–water partition coefficient (Wildman–Crippen LogP) is 3.01. The molecule has 0 atom stereocenters. The van der Waals surface area contributed by atoms with Crippen molar-refractivity contribution in [1.29, 1.82) is 5.26 Å². The summed E-state index contributed by atoms with van der Waals surface area (Å²) in [5, 5.41) is 10.1. The van der Waals surface area contributed by atoms with Gasteiger partial charge in [0.15, 0.2) is 0 Å². The van der Waals surface area contributed by atoms with E-state index in [2.05, 4.69) is 20.9 Å². The van der Waals surface area contributed by atoms with Gasteiger partial charge in [0.1, 0.15) is 17.6 Å². The normalized spacial score (nSPS) is 10.1. The number of nitrogens with zero attached hydrogens (tertiary/aromatic N) is 2. The summed E-state index contributed by atoms with van der Waals surface area (Å²) >= 11 is 3.29. The molecule has 0 unspecified atom stereocenters. The van der Waals surface area contributed by atoms with E-state index >= 15 is 0 Å². The minimum absolute atomic E-state index is 0.239. The Balaban J connectivity index is 2.94. The van der Waals surface area contributed by atoms with Gasteiger partial charge in [-0.05, 0) is 28.1 Å². The molecule has 0 radical (unpaired) electrons. The fourth-order valence-corrected chi connectivity index (χ4v) is 1.72. The summed E-state index contributed by atoms with van der Waals surface area (Å²) in [6.45, 7) is 0. The molecule has 0 saturated carbocycles. The van der Waals surface area contributed by atoms with Crippen molar-refractivity contribution in [1.82, 2.24) is 4.98 Å². The van der Waals surface area contributed by atoms with Crippen molar-refractivity contribution in [3.8, 4) is 6.07 Å². The summed E-state index contributed by atoms with van der Waals surface area (Å²) in [5.41, 5.74) is 0.239. The second kappa shape index (κ2) is 3.35.